The molecule has 5 nitrogen and oxygen atoms in total. The van der Waals surface area contributed by atoms with Crippen molar-refractivity contribution < 1.29 is 24.5 Å². The second-order valence-electron chi connectivity index (χ2n) is 4.38. The minimum absolute atomic E-state index is 0.0326. The zero-order valence-corrected chi connectivity index (χ0v) is 13.6. The smallest absolute Gasteiger partial charge is 0.330 e. The van der Waals surface area contributed by atoms with Crippen LogP contribution < -0.4 is 0 Å². The van der Waals surface area contributed by atoms with Gasteiger partial charge < -0.3 is 14.9 Å². The molecule has 1 unspecified atom stereocenters. The standard InChI is InChI=1S/C8H8.C6H10O3.C4H6O2/c1-2-8-6-4-3-5-7-8;1-3-6(8)9-4-5(2)7;1-3(2)4(5)6/h2-7H,1H2;3,5,7H,1,4H2,2H3;1H2,2H3,(H,5,6). The van der Waals surface area contributed by atoms with Crippen molar-refractivity contribution in [2.45, 2.75) is 20.0 Å². The number of carboxylic acid groups (broad SMARTS) is 1. The van der Waals surface area contributed by atoms with Gasteiger partial charge in [-0.2, -0.15) is 0 Å². The summed E-state index contributed by atoms with van der Waals surface area (Å²) in [6.45, 7) is 13.0. The summed E-state index contributed by atoms with van der Waals surface area (Å²) in [5, 5.41) is 16.5. The topological polar surface area (TPSA) is 83.8 Å². The summed E-state index contributed by atoms with van der Waals surface area (Å²) in [7, 11) is 0. The van der Waals surface area contributed by atoms with Gasteiger partial charge in [-0.15, -0.1) is 0 Å². The third kappa shape index (κ3) is 17.3. The van der Waals surface area contributed by atoms with Gasteiger partial charge in [-0.1, -0.05) is 56.1 Å². The highest BCUT2D eigenvalue weighted by Crippen LogP contribution is 1.97. The van der Waals surface area contributed by atoms with Crippen LogP contribution >= 0.6 is 0 Å². The molecule has 1 aromatic rings. The monoisotopic (exact) mass is 320 g/mol. The van der Waals surface area contributed by atoms with Crippen LogP contribution in [0.25, 0.3) is 6.08 Å². The van der Waals surface area contributed by atoms with Gasteiger partial charge >= 0.3 is 11.9 Å². The first-order chi connectivity index (χ1) is 10.7. The summed E-state index contributed by atoms with van der Waals surface area (Å²) >= 11 is 0. The van der Waals surface area contributed by atoms with Crippen molar-refractivity contribution >= 4 is 18.0 Å². The highest BCUT2D eigenvalue weighted by molar-refractivity contribution is 5.84. The van der Waals surface area contributed by atoms with Crippen LogP contribution in [0.1, 0.15) is 19.4 Å². The van der Waals surface area contributed by atoms with Gasteiger partial charge in [0.05, 0.1) is 6.10 Å². The normalized spacial score (nSPS) is 9.70. The van der Waals surface area contributed by atoms with Crippen molar-refractivity contribution in [2.24, 2.45) is 0 Å². The number of carboxylic acids is 1. The Morgan fingerprint density at radius 1 is 1.26 bits per heavy atom. The molecule has 0 aliphatic rings. The molecular weight excluding hydrogens is 296 g/mol. The lowest BCUT2D eigenvalue weighted by Crippen LogP contribution is -2.13. The molecule has 0 heterocycles. The van der Waals surface area contributed by atoms with Crippen LogP contribution in [0.3, 0.4) is 0 Å². The number of hydrogen-bond acceptors (Lipinski definition) is 4. The first-order valence-corrected chi connectivity index (χ1v) is 6.78. The van der Waals surface area contributed by atoms with Crippen molar-refractivity contribution in [3.8, 4) is 0 Å². The number of benzene rings is 1. The fraction of sp³-hybridized carbons (Fsp3) is 0.222. The van der Waals surface area contributed by atoms with Gasteiger partial charge in [0.1, 0.15) is 6.61 Å². The summed E-state index contributed by atoms with van der Waals surface area (Å²) in [6.07, 6.45) is 2.29. The minimum atomic E-state index is -0.935. The Hall–Kier alpha value is -2.66. The van der Waals surface area contributed by atoms with Crippen LogP contribution in [0, 0.1) is 0 Å². The van der Waals surface area contributed by atoms with Crippen LogP contribution in [0.5, 0.6) is 0 Å². The van der Waals surface area contributed by atoms with Gasteiger partial charge in [-0.05, 0) is 19.4 Å². The molecule has 1 rings (SSSR count). The van der Waals surface area contributed by atoms with E-state index in [0.717, 1.165) is 6.08 Å². The third-order valence-corrected chi connectivity index (χ3v) is 2.03. The van der Waals surface area contributed by atoms with Gasteiger partial charge in [-0.3, -0.25) is 0 Å². The maximum absolute atomic E-state index is 10.3. The maximum atomic E-state index is 10.3. The van der Waals surface area contributed by atoms with E-state index in [1.54, 1.807) is 0 Å². The largest absolute Gasteiger partial charge is 0.478 e. The third-order valence-electron chi connectivity index (χ3n) is 2.03. The molecular formula is C18H24O5. The van der Waals surface area contributed by atoms with Gasteiger partial charge in [0.25, 0.3) is 0 Å². The van der Waals surface area contributed by atoms with E-state index < -0.39 is 18.0 Å². The average Bonchev–Trinajstić information content (AvgIpc) is 2.54. The van der Waals surface area contributed by atoms with E-state index in [1.165, 1.54) is 19.4 Å². The number of rotatable bonds is 5. The van der Waals surface area contributed by atoms with E-state index in [4.69, 9.17) is 10.2 Å². The van der Waals surface area contributed by atoms with Crippen molar-refractivity contribution in [1.82, 2.24) is 0 Å². The van der Waals surface area contributed by atoms with E-state index in [-0.39, 0.29) is 12.2 Å². The molecule has 0 aliphatic heterocycles. The Kier molecular flexibility index (Phi) is 14.0. The molecule has 5 heteroatoms. The van der Waals surface area contributed by atoms with Gasteiger partial charge in [0.15, 0.2) is 0 Å². The lowest BCUT2D eigenvalue weighted by molar-refractivity contribution is -0.140. The molecule has 0 aliphatic carbocycles. The lowest BCUT2D eigenvalue weighted by Gasteiger charge is -2.02. The molecule has 126 valence electrons. The Morgan fingerprint density at radius 2 is 1.74 bits per heavy atom. The zero-order chi connectivity index (χ0) is 18.3. The van der Waals surface area contributed by atoms with Crippen LogP contribution in [-0.4, -0.2) is 34.9 Å². The number of carbonyl (C=O) groups excluding carboxylic acids is 1. The minimum Gasteiger partial charge on any atom is -0.478 e. The molecule has 0 fully saturated rings. The second-order valence-corrected chi connectivity index (χ2v) is 4.38. The second kappa shape index (κ2) is 14.3. The Labute approximate surface area is 137 Å². The highest BCUT2D eigenvalue weighted by atomic mass is 16.5. The van der Waals surface area contributed by atoms with Gasteiger partial charge in [-0.25, -0.2) is 9.59 Å². The summed E-state index contributed by atoms with van der Waals surface area (Å²) in [5.74, 6) is -1.44. The van der Waals surface area contributed by atoms with E-state index >= 15 is 0 Å². The first kappa shape index (κ1) is 22.6. The fourth-order valence-corrected chi connectivity index (χ4v) is 0.851. The molecule has 0 radical (unpaired) electrons. The zero-order valence-electron chi connectivity index (χ0n) is 13.6. The fourth-order valence-electron chi connectivity index (χ4n) is 0.851. The Morgan fingerprint density at radius 3 is 2.00 bits per heavy atom. The molecule has 1 atom stereocenters. The number of carbonyl (C=O) groups is 2. The van der Waals surface area contributed by atoms with E-state index in [1.807, 2.05) is 36.4 Å². The molecule has 2 N–H and O–H groups in total. The van der Waals surface area contributed by atoms with Crippen LogP contribution in [0.2, 0.25) is 0 Å². The average molecular weight is 320 g/mol. The quantitative estimate of drug-likeness (QED) is 0.643. The van der Waals surface area contributed by atoms with Crippen LogP contribution in [0.4, 0.5) is 0 Å². The predicted octanol–water partition coefficient (Wildman–Crippen LogP) is 3.07. The van der Waals surface area contributed by atoms with Crippen LogP contribution in [0.15, 0.2) is 61.7 Å². The van der Waals surface area contributed by atoms with Crippen molar-refractivity contribution in [3.63, 3.8) is 0 Å². The van der Waals surface area contributed by atoms with Crippen molar-refractivity contribution in [2.75, 3.05) is 6.61 Å². The lowest BCUT2D eigenvalue weighted by atomic mass is 10.2. The predicted molar refractivity (Wildman–Crippen MR) is 91.8 cm³/mol. The summed E-state index contributed by atoms with van der Waals surface area (Å²) < 4.78 is 4.45. The molecule has 0 spiro atoms. The van der Waals surface area contributed by atoms with Gasteiger partial charge in [0.2, 0.25) is 0 Å². The summed E-state index contributed by atoms with van der Waals surface area (Å²) in [4.78, 5) is 19.9. The number of aliphatic hydroxyl groups excluding tert-OH is 1. The first-order valence-electron chi connectivity index (χ1n) is 6.78. The summed E-state index contributed by atoms with van der Waals surface area (Å²) in [5.41, 5.74) is 1.35. The molecule has 0 saturated carbocycles. The van der Waals surface area contributed by atoms with E-state index in [2.05, 4.69) is 24.5 Å². The Balaban J connectivity index is 0. The number of hydrogen-bond donors (Lipinski definition) is 2. The van der Waals surface area contributed by atoms with Crippen molar-refractivity contribution in [1.29, 1.82) is 0 Å². The summed E-state index contributed by atoms with van der Waals surface area (Å²) in [6, 6.07) is 10.0. The number of esters is 1. The molecule has 0 aromatic heterocycles. The number of aliphatic hydroxyl groups is 1. The molecule has 0 amide bonds. The van der Waals surface area contributed by atoms with E-state index in [9.17, 15) is 9.59 Å². The molecule has 0 bridgehead atoms. The molecule has 23 heavy (non-hydrogen) atoms. The SMILES string of the molecule is C=C(C)C(=O)O.C=CC(=O)OCC(C)O.C=Cc1ccccc1. The van der Waals surface area contributed by atoms with E-state index in [0.29, 0.717) is 0 Å². The Bertz CT molecular complexity index is 491. The van der Waals surface area contributed by atoms with Crippen molar-refractivity contribution in [3.05, 3.63) is 67.3 Å². The molecule has 0 saturated heterocycles. The maximum Gasteiger partial charge on any atom is 0.330 e. The number of aliphatic carboxylic acids is 1. The van der Waals surface area contributed by atoms with Gasteiger partial charge in [0, 0.05) is 11.6 Å². The van der Waals surface area contributed by atoms with Crippen LogP contribution in [-0.2, 0) is 14.3 Å². The highest BCUT2D eigenvalue weighted by Gasteiger charge is 1.98. The molecule has 1 aromatic carbocycles. The number of ether oxygens (including phenoxy) is 1.